The van der Waals surface area contributed by atoms with E-state index in [1.54, 1.807) is 0 Å². The highest BCUT2D eigenvalue weighted by Crippen LogP contribution is 2.15. The minimum absolute atomic E-state index is 0.0895. The Bertz CT molecular complexity index is 1440. The number of rotatable bonds is 51. The number of allylic oxidation sites excluding steroid dienone is 18. The fourth-order valence-corrected chi connectivity index (χ4v) is 7.72. The van der Waals surface area contributed by atoms with Crippen molar-refractivity contribution in [1.82, 2.24) is 0 Å². The van der Waals surface area contributed by atoms with E-state index in [1.165, 1.54) is 77.0 Å². The van der Waals surface area contributed by atoms with Gasteiger partial charge in [-0.1, -0.05) is 233 Å². The number of esters is 3. The highest BCUT2D eigenvalue weighted by molar-refractivity contribution is 5.71. The lowest BCUT2D eigenvalue weighted by molar-refractivity contribution is -0.167. The fourth-order valence-electron chi connectivity index (χ4n) is 7.72. The predicted octanol–water partition coefficient (Wildman–Crippen LogP) is 19.5. The summed E-state index contributed by atoms with van der Waals surface area (Å²) in [7, 11) is 0. The SMILES string of the molecule is CC/C=C\C/C=C\C/C=C\C/C=C\CCCCCCCCCCC(=O)OCC(COC(=O)CCCCCCC/C=C\CCC)OC(=O)CCCCCCCCCC/C=C\C/C=C\C/C=C\C/C=C\CC. The van der Waals surface area contributed by atoms with E-state index in [0.717, 1.165) is 141 Å². The van der Waals surface area contributed by atoms with Gasteiger partial charge in [0.1, 0.15) is 13.2 Å². The summed E-state index contributed by atoms with van der Waals surface area (Å²) in [6.07, 6.45) is 78.0. The molecule has 0 aliphatic heterocycles. The van der Waals surface area contributed by atoms with Gasteiger partial charge in [0, 0.05) is 19.3 Å². The van der Waals surface area contributed by atoms with E-state index in [-0.39, 0.29) is 31.1 Å². The van der Waals surface area contributed by atoms with Gasteiger partial charge >= 0.3 is 17.9 Å². The number of hydrogen-bond acceptors (Lipinski definition) is 6. The predicted molar refractivity (Wildman–Crippen MR) is 302 cm³/mol. The van der Waals surface area contributed by atoms with Crippen molar-refractivity contribution in [3.63, 3.8) is 0 Å². The zero-order valence-corrected chi connectivity index (χ0v) is 45.5. The molecule has 1 unspecified atom stereocenters. The quantitative estimate of drug-likeness (QED) is 0.0262. The van der Waals surface area contributed by atoms with E-state index in [1.807, 2.05) is 0 Å². The summed E-state index contributed by atoms with van der Waals surface area (Å²) in [6.45, 7) is 6.34. The number of carbonyl (C=O) groups excluding carboxylic acids is 3. The molecule has 0 amide bonds. The van der Waals surface area contributed by atoms with Gasteiger partial charge in [-0.25, -0.2) is 0 Å². The van der Waals surface area contributed by atoms with E-state index in [4.69, 9.17) is 14.2 Å². The molecule has 0 aromatic carbocycles. The molecule has 0 radical (unpaired) electrons. The molecular weight excluding hydrogens is 865 g/mol. The van der Waals surface area contributed by atoms with Gasteiger partial charge in [-0.15, -0.1) is 0 Å². The zero-order valence-electron chi connectivity index (χ0n) is 45.5. The summed E-state index contributed by atoms with van der Waals surface area (Å²) in [6, 6.07) is 0. The number of ether oxygens (including phenoxy) is 3. The van der Waals surface area contributed by atoms with Gasteiger partial charge in [0.25, 0.3) is 0 Å². The molecule has 6 heteroatoms. The van der Waals surface area contributed by atoms with Crippen molar-refractivity contribution >= 4 is 17.9 Å². The second kappa shape index (κ2) is 57.6. The van der Waals surface area contributed by atoms with Crippen LogP contribution < -0.4 is 0 Å². The van der Waals surface area contributed by atoms with Gasteiger partial charge in [-0.3, -0.25) is 14.4 Å². The maximum atomic E-state index is 12.9. The molecule has 0 aliphatic carbocycles. The molecule has 0 rings (SSSR count). The average molecular weight is 972 g/mol. The molecular formula is C64H106O6. The van der Waals surface area contributed by atoms with Gasteiger partial charge in [0.05, 0.1) is 0 Å². The molecule has 0 aliphatic rings. The van der Waals surface area contributed by atoms with Crippen molar-refractivity contribution < 1.29 is 28.6 Å². The summed E-state index contributed by atoms with van der Waals surface area (Å²) in [5.41, 5.74) is 0. The third-order valence-electron chi connectivity index (χ3n) is 12.0. The normalized spacial score (nSPS) is 12.9. The molecule has 0 bridgehead atoms. The minimum Gasteiger partial charge on any atom is -0.462 e. The lowest BCUT2D eigenvalue weighted by Gasteiger charge is -2.18. The lowest BCUT2D eigenvalue weighted by Crippen LogP contribution is -2.30. The van der Waals surface area contributed by atoms with Crippen LogP contribution in [0.2, 0.25) is 0 Å². The largest absolute Gasteiger partial charge is 0.462 e. The lowest BCUT2D eigenvalue weighted by atomic mass is 10.1. The van der Waals surface area contributed by atoms with Crippen molar-refractivity contribution in [2.75, 3.05) is 13.2 Å². The molecule has 0 spiro atoms. The summed E-state index contributed by atoms with van der Waals surface area (Å²) in [5.74, 6) is -0.915. The summed E-state index contributed by atoms with van der Waals surface area (Å²) in [4.78, 5) is 38.1. The molecule has 0 aromatic rings. The Kier molecular flexibility index (Phi) is 54.4. The number of unbranched alkanes of at least 4 members (excludes halogenated alkanes) is 22. The Morgan fingerprint density at radius 1 is 0.300 bits per heavy atom. The van der Waals surface area contributed by atoms with Crippen molar-refractivity contribution in [1.29, 1.82) is 0 Å². The smallest absolute Gasteiger partial charge is 0.306 e. The molecule has 6 nitrogen and oxygen atoms in total. The molecule has 0 saturated carbocycles. The molecule has 0 fully saturated rings. The van der Waals surface area contributed by atoms with E-state index in [9.17, 15) is 14.4 Å². The Morgan fingerprint density at radius 3 is 0.886 bits per heavy atom. The highest BCUT2D eigenvalue weighted by atomic mass is 16.6. The molecule has 70 heavy (non-hydrogen) atoms. The minimum atomic E-state index is -0.791. The first-order valence-corrected chi connectivity index (χ1v) is 28.9. The van der Waals surface area contributed by atoms with Gasteiger partial charge in [-0.2, -0.15) is 0 Å². The van der Waals surface area contributed by atoms with E-state index in [2.05, 4.69) is 130 Å². The summed E-state index contributed by atoms with van der Waals surface area (Å²) >= 11 is 0. The van der Waals surface area contributed by atoms with E-state index in [0.29, 0.717) is 19.3 Å². The molecule has 0 heterocycles. The molecule has 0 aromatic heterocycles. The van der Waals surface area contributed by atoms with Gasteiger partial charge in [-0.05, 0) is 116 Å². The first-order valence-electron chi connectivity index (χ1n) is 28.9. The van der Waals surface area contributed by atoms with Crippen molar-refractivity contribution in [3.8, 4) is 0 Å². The Balaban J connectivity index is 4.34. The van der Waals surface area contributed by atoms with Crippen LogP contribution in [0.3, 0.4) is 0 Å². The van der Waals surface area contributed by atoms with Crippen molar-refractivity contribution in [3.05, 3.63) is 109 Å². The molecule has 398 valence electrons. The number of carbonyl (C=O) groups is 3. The van der Waals surface area contributed by atoms with Crippen LogP contribution in [0.25, 0.3) is 0 Å². The van der Waals surface area contributed by atoms with Crippen LogP contribution in [-0.2, 0) is 28.6 Å². The van der Waals surface area contributed by atoms with Gasteiger partial charge < -0.3 is 14.2 Å². The standard InChI is InChI=1S/C64H106O6/c1-4-7-10-13-16-19-22-24-26-28-30-32-34-36-38-40-42-45-48-51-54-57-63(66)69-60-61(59-68-62(65)56-53-50-47-44-21-18-15-12-9-6-3)70-64(67)58-55-52-49-46-43-41-39-37-35-33-31-29-27-25-23-20-17-14-11-8-5-2/h7-8,10-12,15-17,19-20,24-27,30-33,61H,4-6,9,13-14,18,21-23,28-29,34-60H2,1-3H3/b10-7-,11-8-,15-12-,19-16-,20-17-,26-24-,27-25-,32-30-,33-31-. The van der Waals surface area contributed by atoms with E-state index < -0.39 is 6.10 Å². The number of hydrogen-bond donors (Lipinski definition) is 0. The molecule has 0 saturated heterocycles. The molecule has 1 atom stereocenters. The summed E-state index contributed by atoms with van der Waals surface area (Å²) < 4.78 is 16.8. The third kappa shape index (κ3) is 55.0. The van der Waals surface area contributed by atoms with Crippen LogP contribution in [0.1, 0.15) is 258 Å². The third-order valence-corrected chi connectivity index (χ3v) is 12.0. The Labute approximate surface area is 431 Å². The monoisotopic (exact) mass is 971 g/mol. The topological polar surface area (TPSA) is 78.9 Å². The van der Waals surface area contributed by atoms with E-state index >= 15 is 0 Å². The van der Waals surface area contributed by atoms with Crippen LogP contribution in [0, 0.1) is 0 Å². The first-order chi connectivity index (χ1) is 34.5. The van der Waals surface area contributed by atoms with Crippen LogP contribution in [0.4, 0.5) is 0 Å². The Morgan fingerprint density at radius 2 is 0.557 bits per heavy atom. The zero-order chi connectivity index (χ0) is 50.7. The van der Waals surface area contributed by atoms with Gasteiger partial charge in [0.2, 0.25) is 0 Å². The fraction of sp³-hybridized carbons (Fsp3) is 0.672. The second-order valence-electron chi connectivity index (χ2n) is 18.8. The van der Waals surface area contributed by atoms with Crippen molar-refractivity contribution in [2.45, 2.75) is 264 Å². The van der Waals surface area contributed by atoms with Crippen LogP contribution in [0.15, 0.2) is 109 Å². The Hall–Kier alpha value is -3.93. The summed E-state index contributed by atoms with van der Waals surface area (Å²) in [5, 5.41) is 0. The highest BCUT2D eigenvalue weighted by Gasteiger charge is 2.19. The average Bonchev–Trinajstić information content (AvgIpc) is 3.36. The van der Waals surface area contributed by atoms with Crippen molar-refractivity contribution in [2.24, 2.45) is 0 Å². The maximum Gasteiger partial charge on any atom is 0.306 e. The van der Waals surface area contributed by atoms with Crippen LogP contribution >= 0.6 is 0 Å². The second-order valence-corrected chi connectivity index (χ2v) is 18.8. The maximum absolute atomic E-state index is 12.9. The van der Waals surface area contributed by atoms with Gasteiger partial charge in [0.15, 0.2) is 6.10 Å². The van der Waals surface area contributed by atoms with Crippen LogP contribution in [-0.4, -0.2) is 37.2 Å². The molecule has 0 N–H and O–H groups in total. The van der Waals surface area contributed by atoms with Crippen LogP contribution in [0.5, 0.6) is 0 Å². The first kappa shape index (κ1) is 66.1.